The molecule has 122 valence electrons. The molecule has 1 rings (SSSR count). The number of allylic oxidation sites excluding steroid dienone is 1. The van der Waals surface area contributed by atoms with Gasteiger partial charge in [-0.05, 0) is 44.2 Å². The minimum absolute atomic E-state index is 0.0300. The van der Waals surface area contributed by atoms with Gasteiger partial charge in [-0.3, -0.25) is 9.59 Å². The lowest BCUT2D eigenvalue weighted by molar-refractivity contribution is -0.149. The molecule has 0 amide bonds. The van der Waals surface area contributed by atoms with E-state index in [1.807, 2.05) is 0 Å². The molecule has 0 spiro atoms. The smallest absolute Gasteiger partial charge is 0.320 e. The lowest BCUT2D eigenvalue weighted by atomic mass is 10.1. The predicted octanol–water partition coefficient (Wildman–Crippen LogP) is 2.29. The Kier molecular flexibility index (Phi) is 6.49. The molecule has 1 atom stereocenters. The number of rotatable bonds is 6. The van der Waals surface area contributed by atoms with E-state index in [0.717, 1.165) is 13.0 Å². The Morgan fingerprint density at radius 3 is 2.35 bits per heavy atom. The predicted molar refractivity (Wildman–Crippen MR) is 83.1 cm³/mol. The van der Waals surface area contributed by atoms with E-state index in [9.17, 15) is 18.0 Å². The van der Waals surface area contributed by atoms with Gasteiger partial charge in [0, 0.05) is 5.02 Å². The third kappa shape index (κ3) is 4.65. The van der Waals surface area contributed by atoms with Crippen LogP contribution in [0.25, 0.3) is 0 Å². The summed E-state index contributed by atoms with van der Waals surface area (Å²) in [5.74, 6) is -2.98. The summed E-state index contributed by atoms with van der Waals surface area (Å²) in [7, 11) is -4.16. The zero-order valence-corrected chi connectivity index (χ0v) is 14.0. The number of hydrogen-bond donors (Lipinski definition) is 0. The number of nitriles is 1. The van der Waals surface area contributed by atoms with Crippen molar-refractivity contribution in [1.29, 1.82) is 5.26 Å². The standard InChI is InChI=1S/C15H14ClNO5S/c1-3-22-15(19)14(10(2)18)8-13(9-17)23(20,21)12-6-4-11(16)5-7-12/h4-8,14H,3H2,1-2H3/b13-8+/t14-/m1/s1. The molecule has 6 nitrogen and oxygen atoms in total. The van der Waals surface area contributed by atoms with Crippen molar-refractivity contribution >= 4 is 33.2 Å². The Bertz CT molecular complexity index is 775. The highest BCUT2D eigenvalue weighted by atomic mass is 35.5. The first-order chi connectivity index (χ1) is 10.7. The van der Waals surface area contributed by atoms with Crippen molar-refractivity contribution in [2.24, 2.45) is 5.92 Å². The van der Waals surface area contributed by atoms with Gasteiger partial charge in [0.2, 0.25) is 9.84 Å². The van der Waals surface area contributed by atoms with Crippen LogP contribution in [0.1, 0.15) is 13.8 Å². The minimum Gasteiger partial charge on any atom is -0.465 e. The number of esters is 1. The zero-order valence-electron chi connectivity index (χ0n) is 12.4. The monoisotopic (exact) mass is 355 g/mol. The summed E-state index contributed by atoms with van der Waals surface area (Å²) in [5.41, 5.74) is 0. The third-order valence-corrected chi connectivity index (χ3v) is 4.77. The van der Waals surface area contributed by atoms with Crippen molar-refractivity contribution in [2.75, 3.05) is 6.61 Å². The summed E-state index contributed by atoms with van der Waals surface area (Å²) >= 11 is 5.70. The number of carbonyl (C=O) groups is 2. The van der Waals surface area contributed by atoms with Crippen molar-refractivity contribution < 1.29 is 22.7 Å². The summed E-state index contributed by atoms with van der Waals surface area (Å²) in [6, 6.07) is 6.70. The molecule has 1 aromatic carbocycles. The number of hydrogen-bond acceptors (Lipinski definition) is 6. The van der Waals surface area contributed by atoms with E-state index in [2.05, 4.69) is 0 Å². The summed E-state index contributed by atoms with van der Waals surface area (Å²) in [6.45, 7) is 2.69. The van der Waals surface area contributed by atoms with Crippen LogP contribution in [0, 0.1) is 17.2 Å². The first kappa shape index (κ1) is 18.9. The van der Waals surface area contributed by atoms with Gasteiger partial charge < -0.3 is 4.74 Å². The van der Waals surface area contributed by atoms with Crippen LogP contribution in [0.2, 0.25) is 5.02 Å². The van der Waals surface area contributed by atoms with Crippen LogP contribution in [-0.2, 0) is 24.2 Å². The van der Waals surface area contributed by atoms with E-state index < -0.39 is 32.4 Å². The molecule has 1 aromatic rings. The van der Waals surface area contributed by atoms with E-state index in [1.165, 1.54) is 30.3 Å². The van der Waals surface area contributed by atoms with E-state index in [0.29, 0.717) is 5.02 Å². The number of ketones is 1. The van der Waals surface area contributed by atoms with Gasteiger partial charge in [0.05, 0.1) is 11.5 Å². The van der Waals surface area contributed by atoms with Crippen LogP contribution in [-0.4, -0.2) is 26.8 Å². The molecule has 0 heterocycles. The van der Waals surface area contributed by atoms with Crippen LogP contribution in [0.4, 0.5) is 0 Å². The van der Waals surface area contributed by atoms with Gasteiger partial charge in [-0.1, -0.05) is 11.6 Å². The highest BCUT2D eigenvalue weighted by Gasteiger charge is 2.28. The number of benzene rings is 1. The number of halogens is 1. The van der Waals surface area contributed by atoms with Gasteiger partial charge in [0.1, 0.15) is 22.7 Å². The molecule has 0 radical (unpaired) electrons. The maximum Gasteiger partial charge on any atom is 0.320 e. The van der Waals surface area contributed by atoms with Crippen LogP contribution in [0.3, 0.4) is 0 Å². The first-order valence-electron chi connectivity index (χ1n) is 6.53. The average molecular weight is 356 g/mol. The molecule has 0 aliphatic rings. The van der Waals surface area contributed by atoms with Crippen molar-refractivity contribution in [3.05, 3.63) is 40.3 Å². The van der Waals surface area contributed by atoms with Crippen LogP contribution in [0.15, 0.2) is 40.1 Å². The molecule has 0 aliphatic carbocycles. The summed E-state index contributed by atoms with van der Waals surface area (Å²) in [4.78, 5) is 22.4. The molecule has 23 heavy (non-hydrogen) atoms. The number of Topliss-reactive ketones (excluding diaryl/α,β-unsaturated/α-hetero) is 1. The Balaban J connectivity index is 3.34. The van der Waals surface area contributed by atoms with Crippen molar-refractivity contribution in [1.82, 2.24) is 0 Å². The number of ether oxygens (including phenoxy) is 1. The molecular formula is C15H14ClNO5S. The Hall–Kier alpha value is -2.17. The SMILES string of the molecule is CCOC(=O)[C@H](/C=C(\C#N)S(=O)(=O)c1ccc(Cl)cc1)C(C)=O. The van der Waals surface area contributed by atoms with E-state index in [4.69, 9.17) is 21.6 Å². The molecule has 0 bridgehead atoms. The highest BCUT2D eigenvalue weighted by molar-refractivity contribution is 7.95. The third-order valence-electron chi connectivity index (χ3n) is 2.82. The van der Waals surface area contributed by atoms with Crippen molar-refractivity contribution in [2.45, 2.75) is 18.7 Å². The van der Waals surface area contributed by atoms with E-state index in [1.54, 1.807) is 6.92 Å². The highest BCUT2D eigenvalue weighted by Crippen LogP contribution is 2.22. The van der Waals surface area contributed by atoms with Crippen molar-refractivity contribution in [3.8, 4) is 6.07 Å². The molecule has 0 N–H and O–H groups in total. The topological polar surface area (TPSA) is 101 Å². The fourth-order valence-corrected chi connectivity index (χ4v) is 2.97. The second-order valence-electron chi connectivity index (χ2n) is 4.44. The molecule has 0 saturated heterocycles. The normalized spacial score (nSPS) is 13.0. The number of nitrogens with zero attached hydrogens (tertiary/aromatic N) is 1. The second-order valence-corrected chi connectivity index (χ2v) is 6.79. The maximum absolute atomic E-state index is 12.4. The van der Waals surface area contributed by atoms with Gasteiger partial charge in [-0.25, -0.2) is 8.42 Å². The largest absolute Gasteiger partial charge is 0.465 e. The van der Waals surface area contributed by atoms with Gasteiger partial charge in [-0.2, -0.15) is 5.26 Å². The van der Waals surface area contributed by atoms with Crippen LogP contribution in [0.5, 0.6) is 0 Å². The Labute approximate surface area is 139 Å². The Morgan fingerprint density at radius 1 is 1.35 bits per heavy atom. The molecule has 0 saturated carbocycles. The van der Waals surface area contributed by atoms with Crippen LogP contribution >= 0.6 is 11.6 Å². The van der Waals surface area contributed by atoms with Crippen LogP contribution < -0.4 is 0 Å². The fraction of sp³-hybridized carbons (Fsp3) is 0.267. The number of carbonyl (C=O) groups excluding carboxylic acids is 2. The van der Waals surface area contributed by atoms with Crippen molar-refractivity contribution in [3.63, 3.8) is 0 Å². The first-order valence-corrected chi connectivity index (χ1v) is 8.39. The zero-order chi connectivity index (χ0) is 17.6. The quantitative estimate of drug-likeness (QED) is 0.440. The van der Waals surface area contributed by atoms with E-state index in [-0.39, 0.29) is 11.5 Å². The lowest BCUT2D eigenvalue weighted by Crippen LogP contribution is -2.23. The van der Waals surface area contributed by atoms with E-state index >= 15 is 0 Å². The fourth-order valence-electron chi connectivity index (χ4n) is 1.66. The minimum atomic E-state index is -4.16. The summed E-state index contributed by atoms with van der Waals surface area (Å²) in [6.07, 6.45) is 0.810. The van der Waals surface area contributed by atoms with Gasteiger partial charge in [-0.15, -0.1) is 0 Å². The summed E-state index contributed by atoms with van der Waals surface area (Å²) in [5, 5.41) is 9.47. The lowest BCUT2D eigenvalue weighted by Gasteiger charge is -2.09. The second kappa shape index (κ2) is 7.90. The van der Waals surface area contributed by atoms with Gasteiger partial charge in [0.15, 0.2) is 0 Å². The number of sulfone groups is 1. The average Bonchev–Trinajstić information content (AvgIpc) is 2.48. The molecule has 0 aliphatic heterocycles. The van der Waals surface area contributed by atoms with Gasteiger partial charge >= 0.3 is 5.97 Å². The molecule has 0 fully saturated rings. The van der Waals surface area contributed by atoms with Gasteiger partial charge in [0.25, 0.3) is 0 Å². The molecule has 8 heteroatoms. The molecular weight excluding hydrogens is 342 g/mol. The Morgan fingerprint density at radius 2 is 1.91 bits per heavy atom. The summed E-state index contributed by atoms with van der Waals surface area (Å²) < 4.78 is 29.6. The maximum atomic E-state index is 12.4. The molecule has 0 aromatic heterocycles. The molecule has 0 unspecified atom stereocenters.